The number of benzene rings is 2. The van der Waals surface area contributed by atoms with Crippen LogP contribution in [0.25, 0.3) is 10.2 Å². The van der Waals surface area contributed by atoms with Crippen molar-refractivity contribution in [2.24, 2.45) is 0 Å². The Labute approximate surface area is 230 Å². The molecule has 0 aliphatic heterocycles. The van der Waals surface area contributed by atoms with Crippen molar-refractivity contribution < 1.29 is 51.4 Å². The molecular formula is C19H28IKN4S2. The number of nitrogens with two attached hydrogens (primary N) is 2. The molecule has 1 heterocycles. The summed E-state index contributed by atoms with van der Waals surface area (Å²) in [5.41, 5.74) is 12.7. The molecule has 0 bridgehead atoms. The van der Waals surface area contributed by atoms with Gasteiger partial charge in [0.25, 0.3) is 0 Å². The van der Waals surface area contributed by atoms with Gasteiger partial charge in [-0.25, -0.2) is 10.2 Å². The Morgan fingerprint density at radius 3 is 1.70 bits per heavy atom. The minimum Gasteiger partial charge on any atom is -0.696 e. The molecular weight excluding hydrogens is 514 g/mol. The Bertz CT molecular complexity index is 656. The van der Waals surface area contributed by atoms with Crippen LogP contribution < -0.4 is 62.9 Å². The number of nitrogen functional groups attached to an aromatic ring is 2. The summed E-state index contributed by atoms with van der Waals surface area (Å²) in [4.78, 5) is 6.08. The van der Waals surface area contributed by atoms with Crippen LogP contribution in [-0.2, 0) is 12.6 Å². The van der Waals surface area contributed by atoms with E-state index in [0.29, 0.717) is 5.13 Å². The summed E-state index contributed by atoms with van der Waals surface area (Å²) >= 11 is 7.37. The molecule has 3 aromatic rings. The molecule has 0 aliphatic rings. The molecule has 0 saturated carbocycles. The largest absolute Gasteiger partial charge is 1.00 e. The van der Waals surface area contributed by atoms with E-state index in [9.17, 15) is 0 Å². The number of thiazole rings is 1. The van der Waals surface area contributed by atoms with Crippen LogP contribution in [-0.4, -0.2) is 9.91 Å². The number of alkyl halides is 1. The van der Waals surface area contributed by atoms with Crippen molar-refractivity contribution in [2.45, 2.75) is 27.7 Å². The molecule has 0 aliphatic carbocycles. The molecule has 8 heteroatoms. The van der Waals surface area contributed by atoms with Crippen molar-refractivity contribution in [3.63, 3.8) is 0 Å². The number of hydrogen-bond donors (Lipinski definition) is 2. The first-order valence-electron chi connectivity index (χ1n) is 7.98. The molecule has 0 fully saturated rings. The Morgan fingerprint density at radius 2 is 1.33 bits per heavy atom. The van der Waals surface area contributed by atoms with Gasteiger partial charge in [0.1, 0.15) is 0 Å². The predicted molar refractivity (Wildman–Crippen MR) is 131 cm³/mol. The topological polar surface area (TPSA) is 88.7 Å². The third kappa shape index (κ3) is 20.5. The third-order valence-corrected chi connectivity index (χ3v) is 2.98. The van der Waals surface area contributed by atoms with E-state index in [-0.39, 0.29) is 51.4 Å². The quantitative estimate of drug-likeness (QED) is 0.114. The second kappa shape index (κ2) is 28.2. The van der Waals surface area contributed by atoms with E-state index in [0.717, 1.165) is 15.9 Å². The zero-order valence-corrected chi connectivity index (χ0v) is 23.9. The van der Waals surface area contributed by atoms with E-state index >= 15 is 0 Å². The van der Waals surface area contributed by atoms with Gasteiger partial charge in [0.2, 0.25) is 0 Å². The maximum absolute atomic E-state index is 7.13. The van der Waals surface area contributed by atoms with Gasteiger partial charge >= 0.3 is 51.4 Å². The number of aromatic nitrogens is 1. The minimum atomic E-state index is 0. The van der Waals surface area contributed by atoms with Crippen LogP contribution in [0.5, 0.6) is 0 Å². The summed E-state index contributed by atoms with van der Waals surface area (Å²) in [7, 11) is 0. The second-order valence-electron chi connectivity index (χ2n) is 3.52. The molecule has 27 heavy (non-hydrogen) atoms. The third-order valence-electron chi connectivity index (χ3n) is 2.11. The summed E-state index contributed by atoms with van der Waals surface area (Å²) in [5.74, 6) is 0. The molecule has 0 unspecified atom stereocenters. The number of anilines is 2. The number of fused-ring (bicyclic) bond motifs is 1. The van der Waals surface area contributed by atoms with Crippen LogP contribution in [0.15, 0.2) is 54.6 Å². The number of para-hydroxylation sites is 2. The van der Waals surface area contributed by atoms with Gasteiger partial charge in [0.05, 0.1) is 10.2 Å². The molecule has 0 atom stereocenters. The molecule has 4 nitrogen and oxygen atoms in total. The van der Waals surface area contributed by atoms with Crippen molar-refractivity contribution in [1.29, 1.82) is 5.26 Å². The van der Waals surface area contributed by atoms with Gasteiger partial charge in [-0.3, -0.25) is 0 Å². The van der Waals surface area contributed by atoms with Crippen molar-refractivity contribution >= 4 is 67.6 Å². The van der Waals surface area contributed by atoms with Crippen molar-refractivity contribution in [1.82, 2.24) is 4.98 Å². The van der Waals surface area contributed by atoms with E-state index in [1.807, 2.05) is 87.2 Å². The normalized spacial score (nSPS) is 7.00. The first-order chi connectivity index (χ1) is 12.7. The number of nitrogens with zero attached hydrogens (tertiary/aromatic N) is 2. The molecule has 0 amide bonds. The van der Waals surface area contributed by atoms with Crippen LogP contribution in [0.3, 0.4) is 0 Å². The Balaban J connectivity index is -0.000000138. The zero-order valence-electron chi connectivity index (χ0n) is 16.9. The second-order valence-corrected chi connectivity index (χ2v) is 4.77. The minimum absolute atomic E-state index is 0. The van der Waals surface area contributed by atoms with Crippen LogP contribution in [0.2, 0.25) is 0 Å². The van der Waals surface area contributed by atoms with E-state index in [1.54, 1.807) is 0 Å². The van der Waals surface area contributed by atoms with E-state index in [2.05, 4.69) is 40.2 Å². The first-order valence-corrected chi connectivity index (χ1v) is 11.4. The van der Waals surface area contributed by atoms with Crippen molar-refractivity contribution in [3.8, 4) is 5.40 Å². The van der Waals surface area contributed by atoms with Crippen molar-refractivity contribution in [3.05, 3.63) is 54.6 Å². The van der Waals surface area contributed by atoms with E-state index in [4.69, 9.17) is 16.7 Å². The van der Waals surface area contributed by atoms with Gasteiger partial charge < -0.3 is 24.1 Å². The number of thiocyanates is 1. The standard InChI is InChI=1S/C7H6N2S.C6H7N.2C2H6.CH3I.CHNS.K/c8-7-9-5-3-1-2-4-6(5)10-7;7-6-4-2-1-3-5-6;3*1-2;2-1-3;/h1-4H,(H2,8,9);1-5H,7H2;2*1-2H3;1H3;3H;/q;;;;;;+1/p-1. The molecule has 0 spiro atoms. The SMILES string of the molecule is CC.CC.CI.N#C[S-].Nc1ccccc1.Nc1nc2ccccc2s1.[K+]. The van der Waals surface area contributed by atoms with Gasteiger partial charge in [-0.2, -0.15) is 0 Å². The number of halogens is 1. The maximum Gasteiger partial charge on any atom is 1.00 e. The van der Waals surface area contributed by atoms with E-state index < -0.39 is 0 Å². The maximum atomic E-state index is 7.13. The molecule has 144 valence electrons. The van der Waals surface area contributed by atoms with E-state index in [1.165, 1.54) is 16.7 Å². The van der Waals surface area contributed by atoms with Gasteiger partial charge in [0, 0.05) is 5.69 Å². The smallest absolute Gasteiger partial charge is 0.696 e. The molecule has 2 aromatic carbocycles. The van der Waals surface area contributed by atoms with Crippen LogP contribution in [0, 0.1) is 10.7 Å². The van der Waals surface area contributed by atoms with Gasteiger partial charge in [-0.15, -0.1) is 0 Å². The van der Waals surface area contributed by atoms with Crippen LogP contribution in [0.1, 0.15) is 27.7 Å². The predicted octanol–water partition coefficient (Wildman–Crippen LogP) is 3.27. The molecule has 3 rings (SSSR count). The molecule has 0 saturated heterocycles. The summed E-state index contributed by atoms with van der Waals surface area (Å²) in [5, 5.41) is 9.11. The number of nitriles is 1. The summed E-state index contributed by atoms with van der Waals surface area (Å²) in [6.45, 7) is 8.00. The molecule has 1 aromatic heterocycles. The Kier molecular flexibility index (Phi) is 36.1. The summed E-state index contributed by atoms with van der Waals surface area (Å²) in [6, 6.07) is 17.4. The fraction of sp³-hybridized carbons (Fsp3) is 0.263. The number of rotatable bonds is 0. The average molecular weight is 543 g/mol. The monoisotopic (exact) mass is 542 g/mol. The molecule has 4 N–H and O–H groups in total. The fourth-order valence-electron chi connectivity index (χ4n) is 1.34. The summed E-state index contributed by atoms with van der Waals surface area (Å²) in [6.07, 6.45) is 0. The Morgan fingerprint density at radius 1 is 0.926 bits per heavy atom. The number of hydrogen-bond acceptors (Lipinski definition) is 6. The zero-order chi connectivity index (χ0) is 20.8. The van der Waals surface area contributed by atoms with Crippen LogP contribution in [0.4, 0.5) is 10.8 Å². The van der Waals surface area contributed by atoms with Gasteiger partial charge in [-0.1, -0.05) is 97.4 Å². The van der Waals surface area contributed by atoms with Gasteiger partial charge in [-0.05, 0) is 29.2 Å². The fourth-order valence-corrected chi connectivity index (χ4v) is 2.08. The van der Waals surface area contributed by atoms with Gasteiger partial charge in [0.15, 0.2) is 5.13 Å². The van der Waals surface area contributed by atoms with Crippen molar-refractivity contribution in [2.75, 3.05) is 16.4 Å². The average Bonchev–Trinajstić information content (AvgIpc) is 3.08. The first kappa shape index (κ1) is 34.5. The van der Waals surface area contributed by atoms with Crippen LogP contribution >= 0.6 is 33.9 Å². The Hall–Kier alpha value is 0.00636. The molecule has 0 radical (unpaired) electrons. The summed E-state index contributed by atoms with van der Waals surface area (Å²) < 4.78 is 1.15.